The summed E-state index contributed by atoms with van der Waals surface area (Å²) in [6.45, 7) is 14.0. The summed E-state index contributed by atoms with van der Waals surface area (Å²) in [6.07, 6.45) is 2.66. The van der Waals surface area contributed by atoms with Crippen LogP contribution in [0.3, 0.4) is 0 Å². The Bertz CT molecular complexity index is 204. The zero-order valence-electron chi connectivity index (χ0n) is 13.0. The van der Waals surface area contributed by atoms with E-state index in [0.29, 0.717) is 6.04 Å². The summed E-state index contributed by atoms with van der Waals surface area (Å²) in [5, 5.41) is 3.66. The first-order valence-corrected chi connectivity index (χ1v) is 7.89. The number of rotatable bonds is 10. The van der Waals surface area contributed by atoms with Crippen molar-refractivity contribution in [2.75, 3.05) is 52.6 Å². The third-order valence-electron chi connectivity index (χ3n) is 3.90. The van der Waals surface area contributed by atoms with Crippen LogP contribution in [0.4, 0.5) is 0 Å². The molecule has 1 aliphatic heterocycles. The van der Waals surface area contributed by atoms with Crippen LogP contribution in [0.2, 0.25) is 0 Å². The zero-order valence-corrected chi connectivity index (χ0v) is 13.0. The number of nitrogens with zero attached hydrogens (tertiary/aromatic N) is 1. The monoisotopic (exact) mass is 272 g/mol. The Balaban J connectivity index is 2.32. The molecule has 2 unspecified atom stereocenters. The normalized spacial score (nSPS) is 24.0. The molecule has 1 N–H and O–H groups in total. The highest BCUT2D eigenvalue weighted by atomic mass is 16.5. The number of piperidine rings is 1. The van der Waals surface area contributed by atoms with E-state index in [-0.39, 0.29) is 0 Å². The third-order valence-corrected chi connectivity index (χ3v) is 3.90. The summed E-state index contributed by atoms with van der Waals surface area (Å²) in [4.78, 5) is 2.48. The first-order valence-electron chi connectivity index (χ1n) is 7.89. The number of nitrogens with one attached hydrogen (secondary N) is 1. The summed E-state index contributed by atoms with van der Waals surface area (Å²) in [6, 6.07) is 0.622. The van der Waals surface area contributed by atoms with Gasteiger partial charge in [0.1, 0.15) is 0 Å². The van der Waals surface area contributed by atoms with Crippen molar-refractivity contribution in [1.82, 2.24) is 10.2 Å². The maximum Gasteiger partial charge on any atom is 0.0593 e. The van der Waals surface area contributed by atoms with Crippen molar-refractivity contribution in [2.45, 2.75) is 39.7 Å². The second kappa shape index (κ2) is 10.6. The lowest BCUT2D eigenvalue weighted by atomic mass is 9.92. The van der Waals surface area contributed by atoms with Gasteiger partial charge in [0.25, 0.3) is 0 Å². The molecule has 0 bridgehead atoms. The molecular formula is C15H32N2O2. The summed E-state index contributed by atoms with van der Waals surface area (Å²) in [5.74, 6) is 0.774. The summed E-state index contributed by atoms with van der Waals surface area (Å²) in [5.41, 5.74) is 0. The predicted octanol–water partition coefficient (Wildman–Crippen LogP) is 1.75. The SMILES string of the molecule is CCOCCN(CCOCC)CC1NCCCC1C. The Morgan fingerprint density at radius 1 is 1.11 bits per heavy atom. The third kappa shape index (κ3) is 7.25. The molecule has 1 heterocycles. The van der Waals surface area contributed by atoms with Crippen LogP contribution in [0, 0.1) is 5.92 Å². The van der Waals surface area contributed by atoms with Gasteiger partial charge in [-0.25, -0.2) is 0 Å². The van der Waals surface area contributed by atoms with E-state index in [4.69, 9.17) is 9.47 Å². The number of ether oxygens (including phenoxy) is 2. The van der Waals surface area contributed by atoms with Gasteiger partial charge in [0.15, 0.2) is 0 Å². The Hall–Kier alpha value is -0.160. The van der Waals surface area contributed by atoms with Crippen LogP contribution in [0.15, 0.2) is 0 Å². The Labute approximate surface area is 118 Å². The molecule has 0 aromatic rings. The summed E-state index contributed by atoms with van der Waals surface area (Å²) < 4.78 is 11.0. The van der Waals surface area contributed by atoms with Crippen molar-refractivity contribution >= 4 is 0 Å². The molecule has 0 saturated carbocycles. The fourth-order valence-corrected chi connectivity index (χ4v) is 2.61. The van der Waals surface area contributed by atoms with Gasteiger partial charge in [0.2, 0.25) is 0 Å². The summed E-state index contributed by atoms with van der Waals surface area (Å²) >= 11 is 0. The van der Waals surface area contributed by atoms with E-state index >= 15 is 0 Å². The standard InChI is InChI=1S/C15H32N2O2/c1-4-18-11-9-17(10-12-19-5-2)13-15-14(3)7-6-8-16-15/h14-16H,4-13H2,1-3H3. The van der Waals surface area contributed by atoms with E-state index in [2.05, 4.69) is 31.0 Å². The maximum atomic E-state index is 5.48. The molecule has 0 aromatic carbocycles. The molecule has 1 saturated heterocycles. The van der Waals surface area contributed by atoms with Gasteiger partial charge in [-0.2, -0.15) is 0 Å². The van der Waals surface area contributed by atoms with Crippen LogP contribution in [-0.2, 0) is 9.47 Å². The van der Waals surface area contributed by atoms with Crippen molar-refractivity contribution < 1.29 is 9.47 Å². The molecule has 0 spiro atoms. The molecular weight excluding hydrogens is 240 g/mol. The fourth-order valence-electron chi connectivity index (χ4n) is 2.61. The first-order chi connectivity index (χ1) is 9.27. The average Bonchev–Trinajstić information content (AvgIpc) is 2.41. The molecule has 0 radical (unpaired) electrons. The largest absolute Gasteiger partial charge is 0.380 e. The average molecular weight is 272 g/mol. The lowest BCUT2D eigenvalue weighted by molar-refractivity contribution is 0.0725. The van der Waals surface area contributed by atoms with Crippen LogP contribution in [-0.4, -0.2) is 63.5 Å². The number of hydrogen-bond acceptors (Lipinski definition) is 4. The lowest BCUT2D eigenvalue weighted by Gasteiger charge is -2.34. The van der Waals surface area contributed by atoms with Crippen LogP contribution in [0.25, 0.3) is 0 Å². The van der Waals surface area contributed by atoms with Crippen LogP contribution < -0.4 is 5.32 Å². The van der Waals surface area contributed by atoms with Gasteiger partial charge in [-0.1, -0.05) is 6.92 Å². The Morgan fingerprint density at radius 3 is 2.26 bits per heavy atom. The van der Waals surface area contributed by atoms with Crippen LogP contribution in [0.1, 0.15) is 33.6 Å². The molecule has 0 amide bonds. The topological polar surface area (TPSA) is 33.7 Å². The minimum atomic E-state index is 0.622. The van der Waals surface area contributed by atoms with E-state index in [1.54, 1.807) is 0 Å². The fraction of sp³-hybridized carbons (Fsp3) is 1.00. The van der Waals surface area contributed by atoms with Crippen LogP contribution >= 0.6 is 0 Å². The maximum absolute atomic E-state index is 5.48. The lowest BCUT2D eigenvalue weighted by Crippen LogP contribution is -2.49. The molecule has 1 fully saturated rings. The predicted molar refractivity (Wildman–Crippen MR) is 79.6 cm³/mol. The minimum absolute atomic E-state index is 0.622. The molecule has 4 nitrogen and oxygen atoms in total. The van der Waals surface area contributed by atoms with E-state index in [1.807, 2.05) is 0 Å². The number of hydrogen-bond donors (Lipinski definition) is 1. The zero-order chi connectivity index (χ0) is 13.9. The molecule has 2 atom stereocenters. The van der Waals surface area contributed by atoms with Crippen molar-refractivity contribution in [3.8, 4) is 0 Å². The summed E-state index contributed by atoms with van der Waals surface area (Å²) in [7, 11) is 0. The minimum Gasteiger partial charge on any atom is -0.380 e. The van der Waals surface area contributed by atoms with E-state index in [0.717, 1.165) is 52.0 Å². The quantitative estimate of drug-likeness (QED) is 0.614. The van der Waals surface area contributed by atoms with Gasteiger partial charge in [-0.05, 0) is 39.2 Å². The molecule has 4 heteroatoms. The second-order valence-corrected chi connectivity index (χ2v) is 5.37. The van der Waals surface area contributed by atoms with Crippen molar-refractivity contribution in [2.24, 2.45) is 5.92 Å². The first kappa shape index (κ1) is 16.9. The van der Waals surface area contributed by atoms with Gasteiger partial charge in [0.05, 0.1) is 13.2 Å². The van der Waals surface area contributed by atoms with Gasteiger partial charge in [-0.15, -0.1) is 0 Å². The van der Waals surface area contributed by atoms with Gasteiger partial charge in [-0.3, -0.25) is 4.90 Å². The molecule has 19 heavy (non-hydrogen) atoms. The van der Waals surface area contributed by atoms with Crippen LogP contribution in [0.5, 0.6) is 0 Å². The molecule has 1 aliphatic rings. The van der Waals surface area contributed by atoms with Crippen molar-refractivity contribution in [3.63, 3.8) is 0 Å². The van der Waals surface area contributed by atoms with Crippen molar-refractivity contribution in [3.05, 3.63) is 0 Å². The van der Waals surface area contributed by atoms with E-state index in [1.165, 1.54) is 19.4 Å². The highest BCUT2D eigenvalue weighted by Crippen LogP contribution is 2.16. The Kier molecular flexibility index (Phi) is 9.43. The molecule has 114 valence electrons. The molecule has 0 aromatic heterocycles. The second-order valence-electron chi connectivity index (χ2n) is 5.37. The van der Waals surface area contributed by atoms with Gasteiger partial charge >= 0.3 is 0 Å². The van der Waals surface area contributed by atoms with Gasteiger partial charge in [0, 0.05) is 38.9 Å². The smallest absolute Gasteiger partial charge is 0.0593 e. The molecule has 1 rings (SSSR count). The van der Waals surface area contributed by atoms with E-state index < -0.39 is 0 Å². The van der Waals surface area contributed by atoms with E-state index in [9.17, 15) is 0 Å². The molecule has 0 aliphatic carbocycles. The highest BCUT2D eigenvalue weighted by Gasteiger charge is 2.22. The van der Waals surface area contributed by atoms with Gasteiger partial charge < -0.3 is 14.8 Å². The Morgan fingerprint density at radius 2 is 1.74 bits per heavy atom. The highest BCUT2D eigenvalue weighted by molar-refractivity contribution is 4.81. The van der Waals surface area contributed by atoms with Crippen molar-refractivity contribution in [1.29, 1.82) is 0 Å².